The van der Waals surface area contributed by atoms with Crippen molar-refractivity contribution < 1.29 is 23.4 Å². The zero-order valence-electron chi connectivity index (χ0n) is 18.8. The number of carbonyl (C=O) groups is 1. The number of phenolic OH excluding ortho intramolecular Hbond substituents is 1. The number of aryl methyl sites for hydroxylation is 2. The highest BCUT2D eigenvalue weighted by molar-refractivity contribution is 7.92. The average Bonchev–Trinajstić information content (AvgIpc) is 3.15. The molecule has 34 heavy (non-hydrogen) atoms. The molecule has 0 aliphatic carbocycles. The smallest absolute Gasteiger partial charge is 0.323 e. The molecule has 180 valence electrons. The van der Waals surface area contributed by atoms with Crippen LogP contribution >= 0.6 is 11.3 Å². The molecule has 2 aromatic carbocycles. The van der Waals surface area contributed by atoms with Crippen molar-refractivity contribution in [2.75, 3.05) is 23.1 Å². The lowest BCUT2D eigenvalue weighted by atomic mass is 10.1. The quantitative estimate of drug-likeness (QED) is 0.391. The molecule has 2 heterocycles. The van der Waals surface area contributed by atoms with E-state index in [1.165, 1.54) is 35.6 Å². The minimum Gasteiger partial charge on any atom is -0.508 e. The van der Waals surface area contributed by atoms with Crippen molar-refractivity contribution in [2.45, 2.75) is 37.7 Å². The maximum atomic E-state index is 13.1. The Balaban J connectivity index is 1.56. The molecule has 11 heteroatoms. The minimum absolute atomic E-state index is 0.0440. The number of phenols is 1. The van der Waals surface area contributed by atoms with Gasteiger partial charge < -0.3 is 15.1 Å². The van der Waals surface area contributed by atoms with Gasteiger partial charge in [-0.15, -0.1) is 0 Å². The zero-order chi connectivity index (χ0) is 24.5. The maximum absolute atomic E-state index is 13.1. The summed E-state index contributed by atoms with van der Waals surface area (Å²) in [6, 6.07) is 10.7. The summed E-state index contributed by atoms with van der Waals surface area (Å²) in [6.07, 6.45) is 0.733. The average molecular weight is 503 g/mol. The summed E-state index contributed by atoms with van der Waals surface area (Å²) in [6.45, 7) is 4.49. The Kier molecular flexibility index (Phi) is 6.78. The van der Waals surface area contributed by atoms with E-state index in [0.717, 1.165) is 4.88 Å². The number of hydrogen-bond donors (Lipinski definition) is 4. The van der Waals surface area contributed by atoms with Gasteiger partial charge in [-0.2, -0.15) is 0 Å². The summed E-state index contributed by atoms with van der Waals surface area (Å²) in [4.78, 5) is 19.5. The molecule has 0 saturated carbocycles. The number of aliphatic hydroxyl groups is 1. The Morgan fingerprint density at radius 3 is 2.47 bits per heavy atom. The molecule has 1 saturated heterocycles. The fraction of sp³-hybridized carbons (Fsp3) is 0.304. The van der Waals surface area contributed by atoms with Gasteiger partial charge in [0.1, 0.15) is 5.75 Å². The van der Waals surface area contributed by atoms with Crippen LogP contribution in [0.25, 0.3) is 10.4 Å². The topological polar surface area (TPSA) is 132 Å². The van der Waals surface area contributed by atoms with Crippen LogP contribution in [0.4, 0.5) is 15.6 Å². The van der Waals surface area contributed by atoms with Crippen molar-refractivity contribution in [3.8, 4) is 16.2 Å². The molecule has 0 atom stereocenters. The molecule has 0 radical (unpaired) electrons. The van der Waals surface area contributed by atoms with Crippen LogP contribution in [0.1, 0.15) is 24.1 Å². The summed E-state index contributed by atoms with van der Waals surface area (Å²) >= 11 is 1.27. The fourth-order valence-corrected chi connectivity index (χ4v) is 6.01. The molecule has 1 aliphatic rings. The standard InChI is InChI=1S/C23H26N4O5S2/c1-14-3-4-16(13-20(14)34(31,32)26-17-5-7-18(28)8-6-17)21-15(2)24-22(33-21)25-23(30)27-11-9-19(29)10-12-27/h3-8,13,19,26,28-29H,9-12H2,1-2H3,(H,24,25,30). The molecular weight excluding hydrogens is 476 g/mol. The number of urea groups is 1. The van der Waals surface area contributed by atoms with Crippen molar-refractivity contribution in [1.82, 2.24) is 9.88 Å². The summed E-state index contributed by atoms with van der Waals surface area (Å²) in [5, 5.41) is 22.3. The second-order valence-corrected chi connectivity index (χ2v) is 10.9. The number of amides is 2. The molecule has 0 spiro atoms. The number of hydrogen-bond acceptors (Lipinski definition) is 7. The van der Waals surface area contributed by atoms with Crippen LogP contribution in [0.15, 0.2) is 47.4 Å². The molecule has 0 bridgehead atoms. The van der Waals surface area contributed by atoms with Crippen LogP contribution in [0.5, 0.6) is 5.75 Å². The number of nitrogens with zero attached hydrogens (tertiary/aromatic N) is 2. The lowest BCUT2D eigenvalue weighted by molar-refractivity contribution is 0.0972. The number of carbonyl (C=O) groups excluding carboxylic acids is 1. The van der Waals surface area contributed by atoms with E-state index in [1.54, 1.807) is 24.0 Å². The Morgan fingerprint density at radius 2 is 1.79 bits per heavy atom. The van der Waals surface area contributed by atoms with Crippen LogP contribution in [-0.4, -0.2) is 53.7 Å². The predicted octanol–water partition coefficient (Wildman–Crippen LogP) is 3.92. The summed E-state index contributed by atoms with van der Waals surface area (Å²) in [5.41, 5.74) is 2.27. The molecule has 0 unspecified atom stereocenters. The van der Waals surface area contributed by atoms with E-state index in [0.29, 0.717) is 53.6 Å². The third-order valence-electron chi connectivity index (χ3n) is 5.62. The van der Waals surface area contributed by atoms with Gasteiger partial charge in [-0.1, -0.05) is 23.5 Å². The van der Waals surface area contributed by atoms with E-state index in [4.69, 9.17) is 0 Å². The van der Waals surface area contributed by atoms with Gasteiger partial charge in [0.15, 0.2) is 5.13 Å². The molecule has 4 N–H and O–H groups in total. The van der Waals surface area contributed by atoms with Gasteiger partial charge in [-0.25, -0.2) is 18.2 Å². The van der Waals surface area contributed by atoms with Crippen LogP contribution in [-0.2, 0) is 10.0 Å². The number of piperidine rings is 1. The van der Waals surface area contributed by atoms with Crippen LogP contribution in [0, 0.1) is 13.8 Å². The maximum Gasteiger partial charge on any atom is 0.323 e. The van der Waals surface area contributed by atoms with Crippen molar-refractivity contribution >= 4 is 38.2 Å². The number of nitrogens with one attached hydrogen (secondary N) is 2. The number of aromatic nitrogens is 1. The van der Waals surface area contributed by atoms with Crippen LogP contribution in [0.2, 0.25) is 0 Å². The monoisotopic (exact) mass is 502 g/mol. The van der Waals surface area contributed by atoms with E-state index in [-0.39, 0.29) is 22.8 Å². The highest BCUT2D eigenvalue weighted by atomic mass is 32.2. The number of benzene rings is 2. The van der Waals surface area contributed by atoms with Crippen LogP contribution < -0.4 is 10.0 Å². The second-order valence-electron chi connectivity index (χ2n) is 8.21. The van der Waals surface area contributed by atoms with Gasteiger partial charge in [0.25, 0.3) is 10.0 Å². The normalized spacial score (nSPS) is 14.7. The van der Waals surface area contributed by atoms with Crippen molar-refractivity contribution in [3.63, 3.8) is 0 Å². The number of anilines is 2. The van der Waals surface area contributed by atoms with Gasteiger partial charge in [-0.3, -0.25) is 10.0 Å². The largest absolute Gasteiger partial charge is 0.508 e. The van der Waals surface area contributed by atoms with Gasteiger partial charge in [0.05, 0.1) is 21.6 Å². The third-order valence-corrected chi connectivity index (χ3v) is 8.27. The van der Waals surface area contributed by atoms with Gasteiger partial charge in [0.2, 0.25) is 0 Å². The van der Waals surface area contributed by atoms with Gasteiger partial charge in [-0.05, 0) is 68.1 Å². The van der Waals surface area contributed by atoms with Gasteiger partial charge in [0, 0.05) is 18.8 Å². The molecule has 3 aromatic rings. The molecule has 1 aliphatic heterocycles. The molecule has 1 aromatic heterocycles. The molecule has 2 amide bonds. The van der Waals surface area contributed by atoms with E-state index in [2.05, 4.69) is 15.0 Å². The predicted molar refractivity (Wildman–Crippen MR) is 132 cm³/mol. The zero-order valence-corrected chi connectivity index (χ0v) is 20.4. The first-order chi connectivity index (χ1) is 16.1. The number of sulfonamides is 1. The van der Waals surface area contributed by atoms with E-state index in [1.807, 2.05) is 13.0 Å². The number of rotatable bonds is 5. The first kappa shape index (κ1) is 24.0. The Bertz CT molecular complexity index is 1300. The second kappa shape index (κ2) is 9.61. The number of aliphatic hydroxyl groups excluding tert-OH is 1. The summed E-state index contributed by atoms with van der Waals surface area (Å²) in [5.74, 6) is 0.0440. The third kappa shape index (κ3) is 5.32. The molecular formula is C23H26N4O5S2. The minimum atomic E-state index is -3.88. The van der Waals surface area contributed by atoms with E-state index in [9.17, 15) is 23.4 Å². The summed E-state index contributed by atoms with van der Waals surface area (Å²) in [7, 11) is -3.88. The number of thiazole rings is 1. The number of aromatic hydroxyl groups is 1. The Morgan fingerprint density at radius 1 is 1.12 bits per heavy atom. The van der Waals surface area contributed by atoms with Gasteiger partial charge >= 0.3 is 6.03 Å². The number of likely N-dealkylation sites (tertiary alicyclic amines) is 1. The SMILES string of the molecule is Cc1ccc(-c2sc(NC(=O)N3CCC(O)CC3)nc2C)cc1S(=O)(=O)Nc1ccc(O)cc1. The highest BCUT2D eigenvalue weighted by Gasteiger charge is 2.23. The van der Waals surface area contributed by atoms with E-state index < -0.39 is 10.0 Å². The fourth-order valence-electron chi connectivity index (χ4n) is 3.73. The summed E-state index contributed by atoms with van der Waals surface area (Å²) < 4.78 is 28.7. The molecule has 4 rings (SSSR count). The first-order valence-electron chi connectivity index (χ1n) is 10.8. The molecule has 9 nitrogen and oxygen atoms in total. The highest BCUT2D eigenvalue weighted by Crippen LogP contribution is 2.35. The molecule has 1 fully saturated rings. The van der Waals surface area contributed by atoms with E-state index >= 15 is 0 Å². The van der Waals surface area contributed by atoms with Crippen molar-refractivity contribution in [2.24, 2.45) is 0 Å². The Hall–Kier alpha value is -3.15. The van der Waals surface area contributed by atoms with Crippen molar-refractivity contribution in [1.29, 1.82) is 0 Å². The van der Waals surface area contributed by atoms with Crippen molar-refractivity contribution in [3.05, 3.63) is 53.7 Å². The first-order valence-corrected chi connectivity index (χ1v) is 13.1. The Labute approximate surface area is 202 Å². The lowest BCUT2D eigenvalue weighted by Gasteiger charge is -2.29. The van der Waals surface area contributed by atoms with Crippen LogP contribution in [0.3, 0.4) is 0 Å². The lowest BCUT2D eigenvalue weighted by Crippen LogP contribution is -2.42.